The molecule has 1 aliphatic heterocycles. The Morgan fingerprint density at radius 3 is 2.45 bits per heavy atom. The maximum atomic E-state index is 13.5. The van der Waals surface area contributed by atoms with Gasteiger partial charge < -0.3 is 5.32 Å². The normalized spacial score (nSPS) is 18.1. The molecule has 20 heavy (non-hydrogen) atoms. The Morgan fingerprint density at radius 1 is 1.00 bits per heavy atom. The molecule has 5 heteroatoms. The summed E-state index contributed by atoms with van der Waals surface area (Å²) in [5.41, 5.74) is 1.97. The van der Waals surface area contributed by atoms with Crippen LogP contribution in [-0.4, -0.2) is 12.5 Å². The first-order valence-electron chi connectivity index (χ1n) is 6.21. The van der Waals surface area contributed by atoms with Gasteiger partial charge in [-0.2, -0.15) is 0 Å². The van der Waals surface area contributed by atoms with E-state index < -0.39 is 0 Å². The van der Waals surface area contributed by atoms with Crippen LogP contribution in [0.2, 0.25) is 0 Å². The smallest absolute Gasteiger partial charge is 0.238 e. The monoisotopic (exact) mass is 274 g/mol. The van der Waals surface area contributed by atoms with Crippen LogP contribution in [0, 0.1) is 11.6 Å². The largest absolute Gasteiger partial charge is 0.325 e. The van der Waals surface area contributed by atoms with Gasteiger partial charge in [0, 0.05) is 5.69 Å². The predicted molar refractivity (Wildman–Crippen MR) is 71.3 cm³/mol. The summed E-state index contributed by atoms with van der Waals surface area (Å²) in [4.78, 5) is 11.6. The standard InChI is InChI=1S/C15H12F2N2O/c16-10-3-1-9(2-4-10)15-12-7-11(17)5-6-13(12)19-14(20)8-18-15/h1-7,15,18H,8H2,(H,19,20). The van der Waals surface area contributed by atoms with Crippen LogP contribution in [0.1, 0.15) is 17.2 Å². The zero-order valence-electron chi connectivity index (χ0n) is 10.5. The summed E-state index contributed by atoms with van der Waals surface area (Å²) in [6.45, 7) is 0.109. The second kappa shape index (κ2) is 5.02. The van der Waals surface area contributed by atoms with Crippen molar-refractivity contribution in [2.24, 2.45) is 0 Å². The first kappa shape index (κ1) is 12.7. The van der Waals surface area contributed by atoms with Crippen LogP contribution in [-0.2, 0) is 4.79 Å². The minimum atomic E-state index is -0.381. The van der Waals surface area contributed by atoms with Crippen LogP contribution in [0.5, 0.6) is 0 Å². The third kappa shape index (κ3) is 2.40. The number of anilines is 1. The van der Waals surface area contributed by atoms with Crippen LogP contribution in [0.3, 0.4) is 0 Å². The van der Waals surface area contributed by atoms with E-state index in [0.717, 1.165) is 5.56 Å². The van der Waals surface area contributed by atoms with E-state index >= 15 is 0 Å². The van der Waals surface area contributed by atoms with Crippen LogP contribution in [0.15, 0.2) is 42.5 Å². The zero-order valence-corrected chi connectivity index (χ0v) is 10.5. The summed E-state index contributed by atoms with van der Waals surface area (Å²) in [5.74, 6) is -0.910. The highest BCUT2D eigenvalue weighted by Gasteiger charge is 2.23. The first-order valence-corrected chi connectivity index (χ1v) is 6.21. The fraction of sp³-hybridized carbons (Fsp3) is 0.133. The number of benzene rings is 2. The Hall–Kier alpha value is -2.27. The third-order valence-corrected chi connectivity index (χ3v) is 3.27. The van der Waals surface area contributed by atoms with Gasteiger partial charge in [0.05, 0.1) is 12.6 Å². The summed E-state index contributed by atoms with van der Waals surface area (Å²) in [6.07, 6.45) is 0. The molecule has 1 atom stereocenters. The molecule has 3 nitrogen and oxygen atoms in total. The van der Waals surface area contributed by atoms with E-state index in [-0.39, 0.29) is 30.1 Å². The molecule has 102 valence electrons. The lowest BCUT2D eigenvalue weighted by atomic mass is 9.97. The molecule has 0 spiro atoms. The molecule has 1 amide bonds. The second-order valence-electron chi connectivity index (χ2n) is 4.65. The molecule has 2 N–H and O–H groups in total. The molecular weight excluding hydrogens is 262 g/mol. The highest BCUT2D eigenvalue weighted by atomic mass is 19.1. The third-order valence-electron chi connectivity index (χ3n) is 3.27. The van der Waals surface area contributed by atoms with Crippen molar-refractivity contribution in [3.05, 3.63) is 65.2 Å². The molecule has 1 aliphatic rings. The van der Waals surface area contributed by atoms with Crippen molar-refractivity contribution in [3.63, 3.8) is 0 Å². The summed E-state index contributed by atoms with van der Waals surface area (Å²) >= 11 is 0. The summed E-state index contributed by atoms with van der Waals surface area (Å²) < 4.78 is 26.5. The molecule has 2 aromatic rings. The van der Waals surface area contributed by atoms with E-state index in [4.69, 9.17) is 0 Å². The van der Waals surface area contributed by atoms with E-state index in [0.29, 0.717) is 11.3 Å². The number of hydrogen-bond donors (Lipinski definition) is 2. The molecule has 0 aliphatic carbocycles. The quantitative estimate of drug-likeness (QED) is 0.839. The molecule has 0 fully saturated rings. The maximum Gasteiger partial charge on any atom is 0.238 e. The SMILES string of the molecule is O=C1CNC(c2ccc(F)cc2)c2cc(F)ccc2N1. The van der Waals surface area contributed by atoms with Gasteiger partial charge in [0.25, 0.3) is 0 Å². The van der Waals surface area contributed by atoms with Gasteiger partial charge in [-0.15, -0.1) is 0 Å². The second-order valence-corrected chi connectivity index (χ2v) is 4.65. The summed E-state index contributed by atoms with van der Waals surface area (Å²) in [7, 11) is 0. The zero-order chi connectivity index (χ0) is 14.1. The number of halogens is 2. The van der Waals surface area contributed by atoms with E-state index in [9.17, 15) is 13.6 Å². The number of amides is 1. The molecule has 0 radical (unpaired) electrons. The minimum absolute atomic E-state index is 0.109. The van der Waals surface area contributed by atoms with Crippen molar-refractivity contribution in [3.8, 4) is 0 Å². The van der Waals surface area contributed by atoms with Gasteiger partial charge in [-0.1, -0.05) is 12.1 Å². The van der Waals surface area contributed by atoms with E-state index in [1.165, 1.54) is 30.3 Å². The van der Waals surface area contributed by atoms with Crippen molar-refractivity contribution >= 4 is 11.6 Å². The Labute approximate surface area is 114 Å². The van der Waals surface area contributed by atoms with Crippen molar-refractivity contribution in [2.75, 3.05) is 11.9 Å². The molecule has 2 aromatic carbocycles. The number of carbonyl (C=O) groups excluding carboxylic acids is 1. The molecule has 1 unspecified atom stereocenters. The van der Waals surface area contributed by atoms with Crippen molar-refractivity contribution in [1.29, 1.82) is 0 Å². The van der Waals surface area contributed by atoms with E-state index in [1.54, 1.807) is 12.1 Å². The highest BCUT2D eigenvalue weighted by Crippen LogP contribution is 2.30. The van der Waals surface area contributed by atoms with Crippen LogP contribution < -0.4 is 10.6 Å². The van der Waals surface area contributed by atoms with Gasteiger partial charge in [0.2, 0.25) is 5.91 Å². The molecule has 1 heterocycles. The molecule has 0 bridgehead atoms. The maximum absolute atomic E-state index is 13.5. The van der Waals surface area contributed by atoms with Gasteiger partial charge in [-0.3, -0.25) is 10.1 Å². The van der Waals surface area contributed by atoms with Crippen LogP contribution in [0.25, 0.3) is 0 Å². The van der Waals surface area contributed by atoms with E-state index in [1.807, 2.05) is 0 Å². The summed E-state index contributed by atoms with van der Waals surface area (Å²) in [6, 6.07) is 9.78. The predicted octanol–water partition coefficient (Wildman–Crippen LogP) is 2.60. The number of hydrogen-bond acceptors (Lipinski definition) is 2. The highest BCUT2D eigenvalue weighted by molar-refractivity contribution is 5.94. The van der Waals surface area contributed by atoms with Gasteiger partial charge in [-0.05, 0) is 41.5 Å². The lowest BCUT2D eigenvalue weighted by Crippen LogP contribution is -2.27. The Bertz CT molecular complexity index is 655. The number of nitrogens with one attached hydrogen (secondary N) is 2. The van der Waals surface area contributed by atoms with Gasteiger partial charge in [0.1, 0.15) is 11.6 Å². The van der Waals surface area contributed by atoms with Crippen LogP contribution >= 0.6 is 0 Å². The van der Waals surface area contributed by atoms with Crippen molar-refractivity contribution in [1.82, 2.24) is 5.32 Å². The minimum Gasteiger partial charge on any atom is -0.325 e. The molecule has 0 aromatic heterocycles. The lowest BCUT2D eigenvalue weighted by Gasteiger charge is -2.18. The van der Waals surface area contributed by atoms with Gasteiger partial charge in [-0.25, -0.2) is 8.78 Å². The summed E-state index contributed by atoms with van der Waals surface area (Å²) in [5, 5.41) is 5.77. The molecule has 3 rings (SSSR count). The molecule has 0 saturated carbocycles. The average Bonchev–Trinajstić information content (AvgIpc) is 2.58. The van der Waals surface area contributed by atoms with Gasteiger partial charge in [0.15, 0.2) is 0 Å². The number of carbonyl (C=O) groups is 1. The molecular formula is C15H12F2N2O. The fourth-order valence-corrected chi connectivity index (χ4v) is 2.34. The van der Waals surface area contributed by atoms with E-state index in [2.05, 4.69) is 10.6 Å². The fourth-order valence-electron chi connectivity index (χ4n) is 2.34. The Morgan fingerprint density at radius 2 is 1.70 bits per heavy atom. The van der Waals surface area contributed by atoms with Crippen molar-refractivity contribution < 1.29 is 13.6 Å². The number of rotatable bonds is 1. The number of fused-ring (bicyclic) bond motifs is 1. The average molecular weight is 274 g/mol. The topological polar surface area (TPSA) is 41.1 Å². The Balaban J connectivity index is 2.09. The lowest BCUT2D eigenvalue weighted by molar-refractivity contribution is -0.115. The first-order chi connectivity index (χ1) is 9.63. The van der Waals surface area contributed by atoms with Crippen molar-refractivity contribution in [2.45, 2.75) is 6.04 Å². The molecule has 0 saturated heterocycles. The van der Waals surface area contributed by atoms with Crippen LogP contribution in [0.4, 0.5) is 14.5 Å². The Kier molecular flexibility index (Phi) is 3.20. The van der Waals surface area contributed by atoms with Gasteiger partial charge >= 0.3 is 0 Å².